The fourth-order valence-electron chi connectivity index (χ4n) is 0.432. The van der Waals surface area contributed by atoms with Gasteiger partial charge in [0, 0.05) is 16.3 Å². The Morgan fingerprint density at radius 1 is 1.88 bits per heavy atom. The zero-order chi connectivity index (χ0) is 5.98. The standard InChI is InChI=1S/C5H7NS2/c1-4(7)5-2-6-3-8-5/h2-4,7H,1H3. The van der Waals surface area contributed by atoms with E-state index >= 15 is 0 Å². The molecule has 1 heterocycles. The summed E-state index contributed by atoms with van der Waals surface area (Å²) in [6, 6.07) is 0. The van der Waals surface area contributed by atoms with Gasteiger partial charge in [0.1, 0.15) is 0 Å². The molecule has 0 aromatic carbocycles. The molecule has 3 heteroatoms. The van der Waals surface area contributed by atoms with Crippen LogP contribution in [0, 0.1) is 0 Å². The van der Waals surface area contributed by atoms with Crippen molar-refractivity contribution in [2.75, 3.05) is 0 Å². The van der Waals surface area contributed by atoms with Crippen molar-refractivity contribution in [3.05, 3.63) is 16.6 Å². The average Bonchev–Trinajstić information content (AvgIpc) is 2.12. The third kappa shape index (κ3) is 1.23. The van der Waals surface area contributed by atoms with Gasteiger partial charge in [-0.25, -0.2) is 0 Å². The van der Waals surface area contributed by atoms with Crippen molar-refractivity contribution in [1.82, 2.24) is 4.98 Å². The largest absolute Gasteiger partial charge is 0.253 e. The van der Waals surface area contributed by atoms with Gasteiger partial charge in [-0.3, -0.25) is 4.98 Å². The molecular formula is C5H7NS2. The monoisotopic (exact) mass is 145 g/mol. The second-order valence-corrected chi connectivity index (χ2v) is 3.27. The number of hydrogen-bond acceptors (Lipinski definition) is 3. The van der Waals surface area contributed by atoms with Gasteiger partial charge in [-0.15, -0.1) is 11.3 Å². The first-order chi connectivity index (χ1) is 3.80. The molecule has 0 aliphatic heterocycles. The molecule has 1 unspecified atom stereocenters. The highest BCUT2D eigenvalue weighted by Gasteiger charge is 1.97. The van der Waals surface area contributed by atoms with Crippen LogP contribution in [-0.2, 0) is 0 Å². The zero-order valence-electron chi connectivity index (χ0n) is 4.53. The van der Waals surface area contributed by atoms with Gasteiger partial charge in [-0.2, -0.15) is 12.6 Å². The fraction of sp³-hybridized carbons (Fsp3) is 0.400. The van der Waals surface area contributed by atoms with E-state index in [4.69, 9.17) is 0 Å². The second kappa shape index (κ2) is 2.51. The van der Waals surface area contributed by atoms with E-state index in [1.165, 1.54) is 4.88 Å². The van der Waals surface area contributed by atoms with Crippen molar-refractivity contribution in [1.29, 1.82) is 0 Å². The van der Waals surface area contributed by atoms with Crippen molar-refractivity contribution in [3.63, 3.8) is 0 Å². The molecule has 0 N–H and O–H groups in total. The van der Waals surface area contributed by atoms with Crippen LogP contribution in [0.4, 0.5) is 0 Å². The molecule has 0 aliphatic rings. The number of thiazole rings is 1. The molecule has 0 fully saturated rings. The summed E-state index contributed by atoms with van der Waals surface area (Å²) in [6.07, 6.45) is 1.85. The molecule has 1 aromatic rings. The van der Waals surface area contributed by atoms with Crippen LogP contribution < -0.4 is 0 Å². The number of aromatic nitrogens is 1. The van der Waals surface area contributed by atoms with Crippen molar-refractivity contribution in [2.24, 2.45) is 0 Å². The van der Waals surface area contributed by atoms with Crippen LogP contribution in [0.15, 0.2) is 11.7 Å². The number of hydrogen-bond donors (Lipinski definition) is 1. The Hall–Kier alpha value is -0.0200. The van der Waals surface area contributed by atoms with Gasteiger partial charge in [-0.05, 0) is 6.92 Å². The average molecular weight is 145 g/mol. The first-order valence-corrected chi connectivity index (χ1v) is 3.77. The van der Waals surface area contributed by atoms with Crippen LogP contribution >= 0.6 is 24.0 Å². The van der Waals surface area contributed by atoms with E-state index in [-0.39, 0.29) is 0 Å². The summed E-state index contributed by atoms with van der Waals surface area (Å²) in [4.78, 5) is 5.14. The highest BCUT2D eigenvalue weighted by molar-refractivity contribution is 7.80. The van der Waals surface area contributed by atoms with Gasteiger partial charge in [0.15, 0.2) is 0 Å². The Morgan fingerprint density at radius 3 is 2.88 bits per heavy atom. The first kappa shape index (κ1) is 6.11. The first-order valence-electron chi connectivity index (χ1n) is 2.37. The lowest BCUT2D eigenvalue weighted by atomic mass is 10.4. The van der Waals surface area contributed by atoms with E-state index in [0.29, 0.717) is 5.25 Å². The van der Waals surface area contributed by atoms with E-state index in [9.17, 15) is 0 Å². The van der Waals surface area contributed by atoms with Gasteiger partial charge in [0.05, 0.1) is 5.51 Å². The van der Waals surface area contributed by atoms with E-state index in [2.05, 4.69) is 17.6 Å². The van der Waals surface area contributed by atoms with Gasteiger partial charge in [0.25, 0.3) is 0 Å². The maximum Gasteiger partial charge on any atom is 0.0794 e. The molecule has 0 saturated heterocycles. The summed E-state index contributed by atoms with van der Waals surface area (Å²) in [7, 11) is 0. The van der Waals surface area contributed by atoms with Crippen molar-refractivity contribution in [3.8, 4) is 0 Å². The van der Waals surface area contributed by atoms with Crippen molar-refractivity contribution < 1.29 is 0 Å². The van der Waals surface area contributed by atoms with Crippen LogP contribution in [0.25, 0.3) is 0 Å². The molecule has 44 valence electrons. The summed E-state index contributed by atoms with van der Waals surface area (Å²) in [5.74, 6) is 0. The maximum absolute atomic E-state index is 4.22. The molecule has 1 aromatic heterocycles. The van der Waals surface area contributed by atoms with Crippen molar-refractivity contribution in [2.45, 2.75) is 12.2 Å². The summed E-state index contributed by atoms with van der Waals surface area (Å²) < 4.78 is 0. The molecule has 0 bridgehead atoms. The van der Waals surface area contributed by atoms with Crippen LogP contribution in [0.3, 0.4) is 0 Å². The molecule has 1 atom stereocenters. The molecule has 1 rings (SSSR count). The van der Waals surface area contributed by atoms with Crippen LogP contribution in [-0.4, -0.2) is 4.98 Å². The minimum atomic E-state index is 0.336. The quantitative estimate of drug-likeness (QED) is 0.597. The maximum atomic E-state index is 4.22. The molecule has 1 nitrogen and oxygen atoms in total. The molecule has 0 aliphatic carbocycles. The van der Waals surface area contributed by atoms with Crippen LogP contribution in [0.5, 0.6) is 0 Å². The topological polar surface area (TPSA) is 12.9 Å². The number of rotatable bonds is 1. The number of nitrogens with zero attached hydrogens (tertiary/aromatic N) is 1. The molecule has 0 spiro atoms. The van der Waals surface area contributed by atoms with Gasteiger partial charge >= 0.3 is 0 Å². The molecule has 0 amide bonds. The van der Waals surface area contributed by atoms with Gasteiger partial charge < -0.3 is 0 Å². The summed E-state index contributed by atoms with van der Waals surface area (Å²) in [6.45, 7) is 2.04. The SMILES string of the molecule is CC(S)c1cncs1. The Balaban J connectivity index is 2.77. The zero-order valence-corrected chi connectivity index (χ0v) is 6.25. The molecule has 0 radical (unpaired) electrons. The molecule has 8 heavy (non-hydrogen) atoms. The summed E-state index contributed by atoms with van der Waals surface area (Å²) in [5.41, 5.74) is 1.82. The Morgan fingerprint density at radius 2 is 2.62 bits per heavy atom. The number of thiol groups is 1. The van der Waals surface area contributed by atoms with Crippen LogP contribution in [0.2, 0.25) is 0 Å². The normalized spacial score (nSPS) is 13.8. The highest BCUT2D eigenvalue weighted by Crippen LogP contribution is 2.21. The third-order valence-electron chi connectivity index (χ3n) is 0.863. The minimum Gasteiger partial charge on any atom is -0.253 e. The molecule has 0 saturated carbocycles. The van der Waals surface area contributed by atoms with Crippen LogP contribution in [0.1, 0.15) is 17.1 Å². The lowest BCUT2D eigenvalue weighted by Gasteiger charge is -1.93. The predicted molar refractivity (Wildman–Crippen MR) is 39.5 cm³/mol. The van der Waals surface area contributed by atoms with Crippen molar-refractivity contribution >= 4 is 24.0 Å². The minimum absolute atomic E-state index is 0.336. The Bertz CT molecular complexity index is 145. The van der Waals surface area contributed by atoms with E-state index in [1.807, 2.05) is 18.6 Å². The smallest absolute Gasteiger partial charge is 0.0794 e. The summed E-state index contributed by atoms with van der Waals surface area (Å²) in [5, 5.41) is 0.336. The lowest BCUT2D eigenvalue weighted by Crippen LogP contribution is -1.73. The van der Waals surface area contributed by atoms with Gasteiger partial charge in [0.2, 0.25) is 0 Å². The van der Waals surface area contributed by atoms with E-state index in [1.54, 1.807) is 11.3 Å². The fourth-order valence-corrected chi connectivity index (χ4v) is 1.24. The molecular weight excluding hydrogens is 138 g/mol. The predicted octanol–water partition coefficient (Wildman–Crippen LogP) is 2.13. The second-order valence-electron chi connectivity index (χ2n) is 1.58. The third-order valence-corrected chi connectivity index (χ3v) is 2.27. The Labute approximate surface area is 58.2 Å². The summed E-state index contributed by atoms with van der Waals surface area (Å²) >= 11 is 5.87. The highest BCUT2D eigenvalue weighted by atomic mass is 32.1. The van der Waals surface area contributed by atoms with E-state index < -0.39 is 0 Å². The lowest BCUT2D eigenvalue weighted by molar-refractivity contribution is 1.14. The van der Waals surface area contributed by atoms with E-state index in [0.717, 1.165) is 0 Å². The van der Waals surface area contributed by atoms with Gasteiger partial charge in [-0.1, -0.05) is 0 Å². The Kier molecular flexibility index (Phi) is 1.91.